The molecular weight excluding hydrogens is 320 g/mol. The van der Waals surface area contributed by atoms with Gasteiger partial charge < -0.3 is 15.3 Å². The van der Waals surface area contributed by atoms with Gasteiger partial charge in [-0.2, -0.15) is 13.2 Å². The summed E-state index contributed by atoms with van der Waals surface area (Å²) >= 11 is 0. The van der Waals surface area contributed by atoms with Gasteiger partial charge in [-0.1, -0.05) is 0 Å². The third-order valence-electron chi connectivity index (χ3n) is 3.59. The minimum atomic E-state index is -4.82. The molecule has 0 saturated carbocycles. The van der Waals surface area contributed by atoms with Crippen LogP contribution in [0.3, 0.4) is 0 Å². The number of hydrogen-bond acceptors (Lipinski definition) is 2. The van der Waals surface area contributed by atoms with Crippen LogP contribution in [-0.2, 0) is 11.0 Å². The monoisotopic (exact) mass is 334 g/mol. The average molecular weight is 334 g/mol. The molecule has 1 saturated heterocycles. The molecule has 0 spiro atoms. The van der Waals surface area contributed by atoms with Crippen LogP contribution in [0.5, 0.6) is 0 Å². The number of alkyl halides is 3. The Kier molecular flexibility index (Phi) is 4.76. The van der Waals surface area contributed by atoms with E-state index in [4.69, 9.17) is 5.11 Å². The number of urea groups is 1. The summed E-state index contributed by atoms with van der Waals surface area (Å²) in [5.74, 6) is -2.87. The molecule has 1 aliphatic heterocycles. The number of carboxylic acid groups (broad SMARTS) is 1. The highest BCUT2D eigenvalue weighted by Gasteiger charge is 2.35. The summed E-state index contributed by atoms with van der Waals surface area (Å²) in [5.41, 5.74) is -1.86. The first-order valence-corrected chi connectivity index (χ1v) is 6.84. The molecular formula is C14H14F4N2O3. The minimum absolute atomic E-state index is 0.0797. The zero-order chi connectivity index (χ0) is 17.2. The summed E-state index contributed by atoms with van der Waals surface area (Å²) in [6.45, 7) is 0.169. The quantitative estimate of drug-likeness (QED) is 0.816. The van der Waals surface area contributed by atoms with E-state index in [-0.39, 0.29) is 13.1 Å². The first-order valence-electron chi connectivity index (χ1n) is 6.84. The highest BCUT2D eigenvalue weighted by molar-refractivity contribution is 5.90. The van der Waals surface area contributed by atoms with E-state index < -0.39 is 41.2 Å². The van der Waals surface area contributed by atoms with E-state index in [9.17, 15) is 27.2 Å². The lowest BCUT2D eigenvalue weighted by molar-refractivity contribution is -0.143. The topological polar surface area (TPSA) is 69.6 Å². The maximum atomic E-state index is 13.0. The van der Waals surface area contributed by atoms with Crippen LogP contribution in [0.1, 0.15) is 18.4 Å². The lowest BCUT2D eigenvalue weighted by atomic mass is 9.99. The molecule has 9 heteroatoms. The molecule has 23 heavy (non-hydrogen) atoms. The van der Waals surface area contributed by atoms with Crippen molar-refractivity contribution >= 4 is 17.7 Å². The second-order valence-corrected chi connectivity index (χ2v) is 5.24. The van der Waals surface area contributed by atoms with Crippen molar-refractivity contribution in [1.29, 1.82) is 0 Å². The Morgan fingerprint density at radius 2 is 2.00 bits per heavy atom. The van der Waals surface area contributed by atoms with E-state index >= 15 is 0 Å². The second kappa shape index (κ2) is 6.43. The predicted molar refractivity (Wildman–Crippen MR) is 72.4 cm³/mol. The Bertz CT molecular complexity index is 619. The standard InChI is InChI=1S/C14H14F4N2O3/c15-9-3-4-11(10(6-9)14(16,17)18)19-13(23)20-5-1-2-8(7-20)12(21)22/h3-4,6,8H,1-2,5,7H2,(H,19,23)(H,21,22). The van der Waals surface area contributed by atoms with Crippen molar-refractivity contribution in [3.8, 4) is 0 Å². The highest BCUT2D eigenvalue weighted by Crippen LogP contribution is 2.35. The number of benzene rings is 1. The lowest BCUT2D eigenvalue weighted by Gasteiger charge is -2.31. The van der Waals surface area contributed by atoms with Gasteiger partial charge >= 0.3 is 18.2 Å². The second-order valence-electron chi connectivity index (χ2n) is 5.24. The smallest absolute Gasteiger partial charge is 0.418 e. The van der Waals surface area contributed by atoms with Gasteiger partial charge in [0, 0.05) is 13.1 Å². The van der Waals surface area contributed by atoms with E-state index in [2.05, 4.69) is 5.32 Å². The Morgan fingerprint density at radius 1 is 1.30 bits per heavy atom. The molecule has 1 fully saturated rings. The SMILES string of the molecule is O=C(O)C1CCCN(C(=O)Nc2ccc(F)cc2C(F)(F)F)C1. The molecule has 126 valence electrons. The van der Waals surface area contributed by atoms with E-state index in [1.807, 2.05) is 0 Å². The van der Waals surface area contributed by atoms with Crippen LogP contribution in [0, 0.1) is 11.7 Å². The molecule has 5 nitrogen and oxygen atoms in total. The lowest BCUT2D eigenvalue weighted by Crippen LogP contribution is -2.44. The average Bonchev–Trinajstić information content (AvgIpc) is 2.48. The number of nitrogens with one attached hydrogen (secondary N) is 1. The molecule has 1 unspecified atom stereocenters. The van der Waals surface area contributed by atoms with E-state index in [0.717, 1.165) is 17.0 Å². The molecule has 0 aliphatic carbocycles. The molecule has 0 aromatic heterocycles. The number of amides is 2. The van der Waals surface area contributed by atoms with Crippen LogP contribution in [-0.4, -0.2) is 35.1 Å². The van der Waals surface area contributed by atoms with Crippen molar-refractivity contribution in [1.82, 2.24) is 4.90 Å². The van der Waals surface area contributed by atoms with Gasteiger partial charge in [-0.25, -0.2) is 9.18 Å². The number of aliphatic carboxylic acids is 1. The summed E-state index contributed by atoms with van der Waals surface area (Å²) in [7, 11) is 0. The summed E-state index contributed by atoms with van der Waals surface area (Å²) in [6, 6.07) is 1.09. The molecule has 0 bridgehead atoms. The summed E-state index contributed by atoms with van der Waals surface area (Å²) in [5, 5.41) is 11.0. The van der Waals surface area contributed by atoms with Crippen molar-refractivity contribution in [3.63, 3.8) is 0 Å². The number of hydrogen-bond donors (Lipinski definition) is 2. The van der Waals surface area contributed by atoms with Crippen molar-refractivity contribution in [2.24, 2.45) is 5.92 Å². The van der Waals surface area contributed by atoms with Gasteiger partial charge in [0.2, 0.25) is 0 Å². The zero-order valence-electron chi connectivity index (χ0n) is 11.9. The van der Waals surface area contributed by atoms with Gasteiger partial charge in [0.05, 0.1) is 17.2 Å². The van der Waals surface area contributed by atoms with E-state index in [1.54, 1.807) is 0 Å². The number of carboxylic acids is 1. The van der Waals surface area contributed by atoms with E-state index in [1.165, 1.54) is 0 Å². The Labute approximate surface area is 128 Å². The predicted octanol–water partition coefficient (Wildman–Crippen LogP) is 3.17. The van der Waals surface area contributed by atoms with Crippen LogP contribution >= 0.6 is 0 Å². The van der Waals surface area contributed by atoms with Crippen molar-refractivity contribution in [2.75, 3.05) is 18.4 Å². The fourth-order valence-electron chi connectivity index (χ4n) is 2.42. The Balaban J connectivity index is 2.16. The van der Waals surface area contributed by atoms with Crippen LogP contribution in [0.15, 0.2) is 18.2 Å². The molecule has 1 aromatic carbocycles. The summed E-state index contributed by atoms with van der Waals surface area (Å²) in [4.78, 5) is 24.2. The molecule has 0 radical (unpaired) electrons. The molecule has 2 amide bonds. The first-order chi connectivity index (χ1) is 10.7. The van der Waals surface area contributed by atoms with Crippen LogP contribution < -0.4 is 5.32 Å². The molecule has 2 rings (SSSR count). The van der Waals surface area contributed by atoms with Gasteiger partial charge in [0.1, 0.15) is 5.82 Å². The van der Waals surface area contributed by atoms with Crippen LogP contribution in [0.4, 0.5) is 28.0 Å². The van der Waals surface area contributed by atoms with Gasteiger partial charge in [0.15, 0.2) is 0 Å². The summed E-state index contributed by atoms with van der Waals surface area (Å²) in [6.07, 6.45) is -3.97. The van der Waals surface area contributed by atoms with Crippen molar-refractivity contribution in [2.45, 2.75) is 19.0 Å². The van der Waals surface area contributed by atoms with Gasteiger partial charge in [0.25, 0.3) is 0 Å². The normalized spacial score (nSPS) is 18.6. The Morgan fingerprint density at radius 3 is 2.61 bits per heavy atom. The number of nitrogens with zero attached hydrogens (tertiary/aromatic N) is 1. The number of carbonyl (C=O) groups excluding carboxylic acids is 1. The fourth-order valence-corrected chi connectivity index (χ4v) is 2.42. The van der Waals surface area contributed by atoms with Crippen molar-refractivity contribution in [3.05, 3.63) is 29.6 Å². The van der Waals surface area contributed by atoms with Crippen LogP contribution in [0.25, 0.3) is 0 Å². The Hall–Kier alpha value is -2.32. The largest absolute Gasteiger partial charge is 0.481 e. The van der Waals surface area contributed by atoms with Crippen molar-refractivity contribution < 1.29 is 32.3 Å². The number of rotatable bonds is 2. The molecule has 1 heterocycles. The molecule has 1 aromatic rings. The number of anilines is 1. The van der Waals surface area contributed by atoms with Gasteiger partial charge in [-0.05, 0) is 31.0 Å². The molecule has 1 atom stereocenters. The molecule has 1 aliphatic rings. The van der Waals surface area contributed by atoms with Crippen LogP contribution in [0.2, 0.25) is 0 Å². The van der Waals surface area contributed by atoms with E-state index in [0.29, 0.717) is 18.9 Å². The number of carbonyl (C=O) groups is 2. The number of piperidine rings is 1. The van der Waals surface area contributed by atoms with Gasteiger partial charge in [-0.3, -0.25) is 4.79 Å². The molecule has 2 N–H and O–H groups in total. The van der Waals surface area contributed by atoms with Gasteiger partial charge in [-0.15, -0.1) is 0 Å². The fraction of sp³-hybridized carbons (Fsp3) is 0.429. The third-order valence-corrected chi connectivity index (χ3v) is 3.59. The number of halogens is 4. The highest BCUT2D eigenvalue weighted by atomic mass is 19.4. The third kappa shape index (κ3) is 4.11. The first kappa shape index (κ1) is 17.0. The minimum Gasteiger partial charge on any atom is -0.481 e. The maximum Gasteiger partial charge on any atom is 0.418 e. The summed E-state index contributed by atoms with van der Waals surface area (Å²) < 4.78 is 51.7. The zero-order valence-corrected chi connectivity index (χ0v) is 11.9. The number of likely N-dealkylation sites (tertiary alicyclic amines) is 1. The maximum absolute atomic E-state index is 13.0.